The molecule has 1 aliphatic rings. The van der Waals surface area contributed by atoms with Gasteiger partial charge in [-0.15, -0.1) is 12.4 Å². The fraction of sp³-hybridized carbons (Fsp3) is 0.571. The van der Waals surface area contributed by atoms with E-state index in [1.807, 2.05) is 13.0 Å². The van der Waals surface area contributed by atoms with E-state index >= 15 is 0 Å². The van der Waals surface area contributed by atoms with Crippen molar-refractivity contribution in [2.45, 2.75) is 19.9 Å². The fourth-order valence-corrected chi connectivity index (χ4v) is 2.23. The molecule has 0 saturated carbocycles. The average Bonchev–Trinajstić information content (AvgIpc) is 2.61. The van der Waals surface area contributed by atoms with Crippen molar-refractivity contribution in [2.75, 3.05) is 32.8 Å². The third-order valence-electron chi connectivity index (χ3n) is 3.14. The van der Waals surface area contributed by atoms with Gasteiger partial charge in [0.05, 0.1) is 6.61 Å². The molecule has 2 rings (SSSR count). The molecule has 0 atom stereocenters. The molecule has 0 radical (unpaired) electrons. The molecule has 1 aliphatic heterocycles. The lowest BCUT2D eigenvalue weighted by Gasteiger charge is -2.19. The summed E-state index contributed by atoms with van der Waals surface area (Å²) in [6.07, 6.45) is 1.15. The van der Waals surface area contributed by atoms with E-state index in [0.29, 0.717) is 12.4 Å². The summed E-state index contributed by atoms with van der Waals surface area (Å²) in [5.41, 5.74) is 1.01. The van der Waals surface area contributed by atoms with Crippen LogP contribution in [0.2, 0.25) is 0 Å². The minimum Gasteiger partial charge on any atom is -0.491 e. The van der Waals surface area contributed by atoms with Crippen LogP contribution in [-0.4, -0.2) is 37.7 Å². The highest BCUT2D eigenvalue weighted by atomic mass is 35.5. The Morgan fingerprint density at radius 1 is 1.32 bits per heavy atom. The average molecular weight is 289 g/mol. The number of nitrogens with zero attached hydrogens (tertiary/aromatic N) is 1. The van der Waals surface area contributed by atoms with Crippen molar-refractivity contribution in [3.05, 3.63) is 29.6 Å². The van der Waals surface area contributed by atoms with Gasteiger partial charge in [-0.3, -0.25) is 4.90 Å². The Morgan fingerprint density at radius 3 is 2.89 bits per heavy atom. The number of benzene rings is 1. The summed E-state index contributed by atoms with van der Waals surface area (Å²) in [7, 11) is 0. The van der Waals surface area contributed by atoms with Crippen molar-refractivity contribution in [1.82, 2.24) is 10.2 Å². The molecule has 5 heteroatoms. The summed E-state index contributed by atoms with van der Waals surface area (Å²) in [5.74, 6) is 0.0843. The van der Waals surface area contributed by atoms with Crippen LogP contribution in [0.4, 0.5) is 4.39 Å². The summed E-state index contributed by atoms with van der Waals surface area (Å²) in [5, 5.41) is 3.36. The van der Waals surface area contributed by atoms with Gasteiger partial charge in [-0.1, -0.05) is 6.07 Å². The van der Waals surface area contributed by atoms with E-state index < -0.39 is 0 Å². The van der Waals surface area contributed by atoms with Gasteiger partial charge >= 0.3 is 0 Å². The topological polar surface area (TPSA) is 24.5 Å². The Hall–Kier alpha value is -0.840. The van der Waals surface area contributed by atoms with Crippen LogP contribution in [0.3, 0.4) is 0 Å². The first-order valence-electron chi connectivity index (χ1n) is 6.64. The first-order valence-corrected chi connectivity index (χ1v) is 6.64. The zero-order chi connectivity index (χ0) is 12.8. The number of hydrogen-bond acceptors (Lipinski definition) is 3. The molecule has 1 N–H and O–H groups in total. The Labute approximate surface area is 120 Å². The van der Waals surface area contributed by atoms with Gasteiger partial charge in [-0.2, -0.15) is 0 Å². The van der Waals surface area contributed by atoms with Crippen LogP contribution >= 0.6 is 12.4 Å². The number of nitrogens with one attached hydrogen (secondary N) is 1. The summed E-state index contributed by atoms with van der Waals surface area (Å²) in [4.78, 5) is 2.36. The van der Waals surface area contributed by atoms with Gasteiger partial charge < -0.3 is 10.1 Å². The first kappa shape index (κ1) is 16.2. The van der Waals surface area contributed by atoms with Gasteiger partial charge in [0.1, 0.15) is 0 Å². The zero-order valence-electron chi connectivity index (χ0n) is 11.3. The summed E-state index contributed by atoms with van der Waals surface area (Å²) in [6.45, 7) is 7.35. The standard InChI is InChI=1S/C14H21FN2O.ClH/c1-2-18-14-5-4-12(10-13(14)15)11-17-8-3-6-16-7-9-17;/h4-5,10,16H,2-3,6-9,11H2,1H3;1H. The Kier molecular flexibility index (Phi) is 7.13. The van der Waals surface area contributed by atoms with Gasteiger partial charge in [0.15, 0.2) is 11.6 Å². The minimum atomic E-state index is -0.262. The van der Waals surface area contributed by atoms with Gasteiger partial charge in [0.2, 0.25) is 0 Å². The molecule has 0 bridgehead atoms. The summed E-state index contributed by atoms with van der Waals surface area (Å²) in [6, 6.07) is 5.26. The van der Waals surface area contributed by atoms with Crippen LogP contribution < -0.4 is 10.1 Å². The first-order chi connectivity index (χ1) is 8.79. The Bertz CT molecular complexity index is 382. The third-order valence-corrected chi connectivity index (χ3v) is 3.14. The molecule has 3 nitrogen and oxygen atoms in total. The molecule has 0 aliphatic carbocycles. The van der Waals surface area contributed by atoms with Crippen LogP contribution in [0.5, 0.6) is 5.75 Å². The molecule has 1 aromatic rings. The minimum absolute atomic E-state index is 0. The molecule has 0 unspecified atom stereocenters. The number of ether oxygens (including phenoxy) is 1. The molecule has 1 heterocycles. The van der Waals surface area contributed by atoms with Crippen molar-refractivity contribution in [3.8, 4) is 5.75 Å². The van der Waals surface area contributed by atoms with Crippen LogP contribution in [0.15, 0.2) is 18.2 Å². The fourth-order valence-electron chi connectivity index (χ4n) is 2.23. The van der Waals surface area contributed by atoms with E-state index in [-0.39, 0.29) is 18.2 Å². The lowest BCUT2D eigenvalue weighted by atomic mass is 10.2. The quantitative estimate of drug-likeness (QED) is 0.921. The maximum absolute atomic E-state index is 13.7. The highest BCUT2D eigenvalue weighted by Crippen LogP contribution is 2.19. The molecule has 0 aromatic heterocycles. The van der Waals surface area contributed by atoms with Crippen molar-refractivity contribution in [2.24, 2.45) is 0 Å². The molecular weight excluding hydrogens is 267 g/mol. The number of hydrogen-bond donors (Lipinski definition) is 1. The maximum atomic E-state index is 13.7. The summed E-state index contributed by atoms with van der Waals surface area (Å²) < 4.78 is 18.9. The molecular formula is C14H22ClFN2O. The SMILES string of the molecule is CCOc1ccc(CN2CCCNCC2)cc1F.Cl. The lowest BCUT2D eigenvalue weighted by Crippen LogP contribution is -2.27. The molecule has 0 spiro atoms. The molecule has 1 saturated heterocycles. The van der Waals surface area contributed by atoms with E-state index in [0.717, 1.165) is 44.7 Å². The van der Waals surface area contributed by atoms with Crippen LogP contribution in [0.1, 0.15) is 18.9 Å². The van der Waals surface area contributed by atoms with Crippen molar-refractivity contribution < 1.29 is 9.13 Å². The molecule has 0 amide bonds. The second-order valence-corrected chi connectivity index (χ2v) is 4.58. The molecule has 1 aromatic carbocycles. The second-order valence-electron chi connectivity index (χ2n) is 4.58. The van der Waals surface area contributed by atoms with Gasteiger partial charge in [-0.25, -0.2) is 4.39 Å². The van der Waals surface area contributed by atoms with Gasteiger partial charge in [0.25, 0.3) is 0 Å². The predicted octanol–water partition coefficient (Wildman–Crippen LogP) is 2.44. The Morgan fingerprint density at radius 2 is 2.16 bits per heavy atom. The second kappa shape index (κ2) is 8.35. The van der Waals surface area contributed by atoms with E-state index in [4.69, 9.17) is 4.74 Å². The van der Waals surface area contributed by atoms with Gasteiger partial charge in [-0.05, 0) is 44.1 Å². The van der Waals surface area contributed by atoms with Crippen LogP contribution in [0.25, 0.3) is 0 Å². The highest BCUT2D eigenvalue weighted by molar-refractivity contribution is 5.85. The van der Waals surface area contributed by atoms with Crippen molar-refractivity contribution in [1.29, 1.82) is 0 Å². The van der Waals surface area contributed by atoms with Crippen LogP contribution in [-0.2, 0) is 6.54 Å². The lowest BCUT2D eigenvalue weighted by molar-refractivity contribution is 0.283. The predicted molar refractivity (Wildman–Crippen MR) is 77.6 cm³/mol. The largest absolute Gasteiger partial charge is 0.491 e. The molecule has 19 heavy (non-hydrogen) atoms. The molecule has 1 fully saturated rings. The smallest absolute Gasteiger partial charge is 0.165 e. The van der Waals surface area contributed by atoms with Crippen molar-refractivity contribution in [3.63, 3.8) is 0 Å². The number of rotatable bonds is 4. The normalized spacial score (nSPS) is 16.5. The highest BCUT2D eigenvalue weighted by Gasteiger charge is 2.10. The summed E-state index contributed by atoms with van der Waals surface area (Å²) >= 11 is 0. The van der Waals surface area contributed by atoms with E-state index in [1.54, 1.807) is 12.1 Å². The van der Waals surface area contributed by atoms with E-state index in [9.17, 15) is 4.39 Å². The van der Waals surface area contributed by atoms with Crippen molar-refractivity contribution >= 4 is 12.4 Å². The van der Waals surface area contributed by atoms with E-state index in [2.05, 4.69) is 10.2 Å². The zero-order valence-corrected chi connectivity index (χ0v) is 12.1. The maximum Gasteiger partial charge on any atom is 0.165 e. The number of halogens is 2. The monoisotopic (exact) mass is 288 g/mol. The van der Waals surface area contributed by atoms with Crippen LogP contribution in [0, 0.1) is 5.82 Å². The van der Waals surface area contributed by atoms with E-state index in [1.165, 1.54) is 0 Å². The van der Waals surface area contributed by atoms with Gasteiger partial charge in [0, 0.05) is 19.6 Å². The Balaban J connectivity index is 0.00000180. The third kappa shape index (κ3) is 4.97. The molecule has 108 valence electrons.